The zero-order chi connectivity index (χ0) is 25.6. The molecule has 1 atom stereocenters. The van der Waals surface area contributed by atoms with Crippen LogP contribution >= 0.6 is 0 Å². The van der Waals surface area contributed by atoms with Crippen LogP contribution in [0.2, 0.25) is 0 Å². The van der Waals surface area contributed by atoms with Crippen molar-refractivity contribution in [1.29, 1.82) is 0 Å². The predicted octanol–water partition coefficient (Wildman–Crippen LogP) is 4.42. The van der Waals surface area contributed by atoms with E-state index in [1.54, 1.807) is 37.4 Å². The Morgan fingerprint density at radius 3 is 2.06 bits per heavy atom. The average molecular weight is 499 g/mol. The lowest BCUT2D eigenvalue weighted by molar-refractivity contribution is 0.0935. The molecule has 9 heteroatoms. The Balaban J connectivity index is 1.76. The van der Waals surface area contributed by atoms with Gasteiger partial charge >= 0.3 is 0 Å². The number of nitrogens with zero attached hydrogens (tertiary/aromatic N) is 1. The molecule has 1 N–H and O–H groups in total. The van der Waals surface area contributed by atoms with E-state index in [9.17, 15) is 13.2 Å². The minimum atomic E-state index is -3.86. The van der Waals surface area contributed by atoms with Crippen molar-refractivity contribution in [3.8, 4) is 17.2 Å². The second-order valence-corrected chi connectivity index (χ2v) is 9.71. The fraction of sp³-hybridized carbons (Fsp3) is 0.269. The van der Waals surface area contributed by atoms with Gasteiger partial charge in [-0.2, -0.15) is 0 Å². The van der Waals surface area contributed by atoms with E-state index in [1.165, 1.54) is 33.4 Å². The van der Waals surface area contributed by atoms with E-state index in [-0.39, 0.29) is 16.8 Å². The molecule has 3 aromatic rings. The number of amides is 1. The summed E-state index contributed by atoms with van der Waals surface area (Å²) in [6.07, 6.45) is 0.711. The highest BCUT2D eigenvalue weighted by Gasteiger charge is 2.23. The second-order valence-electron chi connectivity index (χ2n) is 7.74. The topological polar surface area (TPSA) is 94.2 Å². The molecule has 0 saturated carbocycles. The highest BCUT2D eigenvalue weighted by molar-refractivity contribution is 7.92. The SMILES string of the molecule is CCC(NC(=O)c1ccc(N(C)S(=O)(=O)c2ccc(OC)c(OC)c2)cc1)c1ccc(OC)cc1. The maximum Gasteiger partial charge on any atom is 0.264 e. The fourth-order valence-corrected chi connectivity index (χ4v) is 4.81. The van der Waals surface area contributed by atoms with Crippen LogP contribution in [-0.4, -0.2) is 42.7 Å². The first-order valence-electron chi connectivity index (χ1n) is 11.0. The summed E-state index contributed by atoms with van der Waals surface area (Å²) in [4.78, 5) is 12.9. The van der Waals surface area contributed by atoms with Gasteiger partial charge in [0.25, 0.3) is 15.9 Å². The van der Waals surface area contributed by atoms with E-state index in [1.807, 2.05) is 31.2 Å². The Hall–Kier alpha value is -3.72. The quantitative estimate of drug-likeness (QED) is 0.445. The van der Waals surface area contributed by atoms with Crippen LogP contribution < -0.4 is 23.8 Å². The summed E-state index contributed by atoms with van der Waals surface area (Å²) in [7, 11) is 2.13. The number of hydrogen-bond acceptors (Lipinski definition) is 6. The van der Waals surface area contributed by atoms with Gasteiger partial charge in [-0.1, -0.05) is 19.1 Å². The lowest BCUT2D eigenvalue weighted by Gasteiger charge is -2.21. The van der Waals surface area contributed by atoms with Crippen molar-refractivity contribution >= 4 is 21.6 Å². The molecular weight excluding hydrogens is 468 g/mol. The van der Waals surface area contributed by atoms with Crippen LogP contribution in [0.5, 0.6) is 17.2 Å². The molecule has 0 fully saturated rings. The third kappa shape index (κ3) is 5.68. The minimum Gasteiger partial charge on any atom is -0.497 e. The molecule has 0 aliphatic carbocycles. The summed E-state index contributed by atoms with van der Waals surface area (Å²) in [5, 5.41) is 3.03. The van der Waals surface area contributed by atoms with Crippen LogP contribution in [0, 0.1) is 0 Å². The first-order chi connectivity index (χ1) is 16.7. The van der Waals surface area contributed by atoms with Crippen LogP contribution in [-0.2, 0) is 10.0 Å². The van der Waals surface area contributed by atoms with Gasteiger partial charge < -0.3 is 19.5 Å². The molecule has 0 aliphatic heterocycles. The van der Waals surface area contributed by atoms with Crippen molar-refractivity contribution < 1.29 is 27.4 Å². The Morgan fingerprint density at radius 1 is 0.886 bits per heavy atom. The first kappa shape index (κ1) is 25.9. The van der Waals surface area contributed by atoms with Crippen LogP contribution in [0.15, 0.2) is 71.6 Å². The van der Waals surface area contributed by atoms with Crippen LogP contribution in [0.25, 0.3) is 0 Å². The number of rotatable bonds is 10. The smallest absolute Gasteiger partial charge is 0.264 e. The molecule has 0 radical (unpaired) electrons. The Bertz CT molecular complexity index is 1260. The maximum absolute atomic E-state index is 13.1. The van der Waals surface area contributed by atoms with Gasteiger partial charge in [0.2, 0.25) is 0 Å². The lowest BCUT2D eigenvalue weighted by Crippen LogP contribution is -2.28. The van der Waals surface area contributed by atoms with Crippen molar-refractivity contribution in [2.75, 3.05) is 32.7 Å². The van der Waals surface area contributed by atoms with E-state index in [0.717, 1.165) is 15.6 Å². The molecule has 0 aromatic heterocycles. The fourth-order valence-electron chi connectivity index (χ4n) is 3.60. The molecule has 0 bridgehead atoms. The number of hydrogen-bond donors (Lipinski definition) is 1. The molecule has 186 valence electrons. The van der Waals surface area contributed by atoms with Gasteiger partial charge in [0.1, 0.15) is 5.75 Å². The molecule has 0 saturated heterocycles. The Kier molecular flexibility index (Phi) is 8.24. The number of carbonyl (C=O) groups is 1. The van der Waals surface area contributed by atoms with Gasteiger partial charge in [-0.3, -0.25) is 9.10 Å². The van der Waals surface area contributed by atoms with E-state index in [2.05, 4.69) is 5.32 Å². The number of anilines is 1. The third-order valence-electron chi connectivity index (χ3n) is 5.74. The molecule has 1 unspecified atom stereocenters. The summed E-state index contributed by atoms with van der Waals surface area (Å²) in [5.74, 6) is 1.25. The standard InChI is InChI=1S/C26H30N2O6S/c1-6-23(18-9-13-21(32-3)14-10-18)27-26(29)19-7-11-20(12-8-19)28(2)35(30,31)22-15-16-24(33-4)25(17-22)34-5/h7-17,23H,6H2,1-5H3,(H,27,29). The molecule has 3 rings (SSSR count). The third-order valence-corrected chi connectivity index (χ3v) is 7.52. The summed E-state index contributed by atoms with van der Waals surface area (Å²) in [6.45, 7) is 1.99. The number of sulfonamides is 1. The van der Waals surface area contributed by atoms with E-state index in [4.69, 9.17) is 14.2 Å². The monoisotopic (exact) mass is 498 g/mol. The van der Waals surface area contributed by atoms with Crippen molar-refractivity contribution in [1.82, 2.24) is 5.32 Å². The van der Waals surface area contributed by atoms with Crippen LogP contribution in [0.4, 0.5) is 5.69 Å². The molecule has 8 nitrogen and oxygen atoms in total. The molecule has 0 aliphatic rings. The average Bonchev–Trinajstić information content (AvgIpc) is 2.90. The van der Waals surface area contributed by atoms with Gasteiger partial charge in [0, 0.05) is 18.7 Å². The number of carbonyl (C=O) groups excluding carboxylic acids is 1. The molecule has 0 spiro atoms. The Morgan fingerprint density at radius 2 is 1.51 bits per heavy atom. The van der Waals surface area contributed by atoms with Crippen LogP contribution in [0.3, 0.4) is 0 Å². The normalized spacial score (nSPS) is 11.9. The Labute approximate surface area is 206 Å². The second kappa shape index (κ2) is 11.1. The molecular formula is C26H30N2O6S. The lowest BCUT2D eigenvalue weighted by atomic mass is 10.0. The maximum atomic E-state index is 13.1. The van der Waals surface area contributed by atoms with E-state index < -0.39 is 10.0 Å². The number of benzene rings is 3. The molecule has 1 amide bonds. The van der Waals surface area contributed by atoms with Gasteiger partial charge in [-0.15, -0.1) is 0 Å². The molecule has 3 aromatic carbocycles. The van der Waals surface area contributed by atoms with Crippen LogP contribution in [0.1, 0.15) is 35.3 Å². The van der Waals surface area contributed by atoms with Crippen molar-refractivity contribution in [3.05, 3.63) is 77.9 Å². The zero-order valence-corrected chi connectivity index (χ0v) is 21.3. The van der Waals surface area contributed by atoms with E-state index >= 15 is 0 Å². The number of ether oxygens (including phenoxy) is 3. The highest BCUT2D eigenvalue weighted by atomic mass is 32.2. The predicted molar refractivity (Wildman–Crippen MR) is 135 cm³/mol. The number of methoxy groups -OCH3 is 3. The molecule has 35 heavy (non-hydrogen) atoms. The first-order valence-corrected chi connectivity index (χ1v) is 12.4. The van der Waals surface area contributed by atoms with Gasteiger partial charge in [0.15, 0.2) is 11.5 Å². The number of nitrogens with one attached hydrogen (secondary N) is 1. The summed E-state index contributed by atoms with van der Waals surface area (Å²) >= 11 is 0. The minimum absolute atomic E-state index is 0.0600. The van der Waals surface area contributed by atoms with Crippen molar-refractivity contribution in [2.45, 2.75) is 24.3 Å². The molecule has 0 heterocycles. The van der Waals surface area contributed by atoms with E-state index in [0.29, 0.717) is 29.2 Å². The van der Waals surface area contributed by atoms with Gasteiger partial charge in [-0.05, 0) is 60.5 Å². The summed E-state index contributed by atoms with van der Waals surface area (Å²) < 4.78 is 43.0. The van der Waals surface area contributed by atoms with Gasteiger partial charge in [-0.25, -0.2) is 8.42 Å². The van der Waals surface area contributed by atoms with Crippen molar-refractivity contribution in [3.63, 3.8) is 0 Å². The highest BCUT2D eigenvalue weighted by Crippen LogP contribution is 2.31. The largest absolute Gasteiger partial charge is 0.497 e. The summed E-state index contributed by atoms with van der Waals surface area (Å²) in [5.41, 5.74) is 1.81. The zero-order valence-electron chi connectivity index (χ0n) is 20.4. The summed E-state index contributed by atoms with van der Waals surface area (Å²) in [6, 6.07) is 18.2. The van der Waals surface area contributed by atoms with Gasteiger partial charge in [0.05, 0.1) is 38.0 Å². The van der Waals surface area contributed by atoms with Crippen molar-refractivity contribution in [2.24, 2.45) is 0 Å².